The van der Waals surface area contributed by atoms with E-state index in [9.17, 15) is 14.7 Å². The summed E-state index contributed by atoms with van der Waals surface area (Å²) in [7, 11) is 1.56. The molecule has 7 nitrogen and oxygen atoms in total. The number of H-pyrrole nitrogens is 1. The van der Waals surface area contributed by atoms with Crippen molar-refractivity contribution in [1.29, 1.82) is 0 Å². The monoisotopic (exact) mass is 400 g/mol. The van der Waals surface area contributed by atoms with Crippen LogP contribution in [0.1, 0.15) is 62.3 Å². The van der Waals surface area contributed by atoms with Gasteiger partial charge in [0, 0.05) is 19.9 Å². The number of rotatable bonds is 4. The van der Waals surface area contributed by atoms with Gasteiger partial charge in [-0.1, -0.05) is 45.0 Å². The zero-order valence-corrected chi connectivity index (χ0v) is 17.2. The molecule has 0 fully saturated rings. The van der Waals surface area contributed by atoms with Crippen LogP contribution in [0.25, 0.3) is 0 Å². The molecule has 1 aliphatic heterocycles. The van der Waals surface area contributed by atoms with Crippen molar-refractivity contribution >= 4 is 23.8 Å². The molecule has 28 heavy (non-hydrogen) atoms. The van der Waals surface area contributed by atoms with Crippen molar-refractivity contribution in [2.75, 3.05) is 0 Å². The highest BCUT2D eigenvalue weighted by Gasteiger charge is 2.34. The minimum absolute atomic E-state index is 0.0475. The highest BCUT2D eigenvalue weighted by molar-refractivity contribution is 7.71. The lowest BCUT2D eigenvalue weighted by Crippen LogP contribution is -2.26. The minimum atomic E-state index is -0.515. The van der Waals surface area contributed by atoms with E-state index in [1.54, 1.807) is 14.0 Å². The van der Waals surface area contributed by atoms with Crippen molar-refractivity contribution in [3.8, 4) is 5.88 Å². The van der Waals surface area contributed by atoms with E-state index in [1.165, 1.54) is 15.1 Å². The predicted octanol–water partition coefficient (Wildman–Crippen LogP) is 3.36. The average Bonchev–Trinajstić information content (AvgIpc) is 3.10. The van der Waals surface area contributed by atoms with Crippen LogP contribution in [0.15, 0.2) is 34.2 Å². The zero-order chi connectivity index (χ0) is 20.6. The van der Waals surface area contributed by atoms with Gasteiger partial charge in [0.2, 0.25) is 11.8 Å². The Morgan fingerprint density at radius 1 is 1.36 bits per heavy atom. The Morgan fingerprint density at radius 3 is 2.57 bits per heavy atom. The largest absolute Gasteiger partial charge is 0.494 e. The van der Waals surface area contributed by atoms with E-state index in [4.69, 9.17) is 12.2 Å². The smallest absolute Gasteiger partial charge is 0.264 e. The van der Waals surface area contributed by atoms with Crippen LogP contribution in [0.2, 0.25) is 0 Å². The first-order chi connectivity index (χ1) is 13.2. The maximum absolute atomic E-state index is 12.5. The summed E-state index contributed by atoms with van der Waals surface area (Å²) < 4.78 is 1.43. The molecule has 1 atom stereocenters. The van der Waals surface area contributed by atoms with Crippen molar-refractivity contribution in [3.05, 3.63) is 56.1 Å². The quantitative estimate of drug-likeness (QED) is 0.770. The SMILES string of the molecule is CCC(=O)N1N=C(c2c(O)n(C)c(=S)[nH]c2=O)CC1c1ccc(C(C)C)cc1. The van der Waals surface area contributed by atoms with Gasteiger partial charge in [0.05, 0.1) is 11.8 Å². The molecular weight excluding hydrogens is 376 g/mol. The van der Waals surface area contributed by atoms with Crippen LogP contribution >= 0.6 is 12.2 Å². The molecule has 3 rings (SSSR count). The molecule has 0 bridgehead atoms. The van der Waals surface area contributed by atoms with Crippen LogP contribution in [0, 0.1) is 4.77 Å². The number of benzene rings is 1. The summed E-state index contributed by atoms with van der Waals surface area (Å²) in [6.07, 6.45) is 0.624. The Hall–Kier alpha value is -2.74. The van der Waals surface area contributed by atoms with Crippen LogP contribution in [0.3, 0.4) is 0 Å². The number of aromatic amines is 1. The van der Waals surface area contributed by atoms with Gasteiger partial charge < -0.3 is 5.11 Å². The Kier molecular flexibility index (Phi) is 5.51. The summed E-state index contributed by atoms with van der Waals surface area (Å²) in [5.74, 6) is 0.00514. The van der Waals surface area contributed by atoms with Crippen molar-refractivity contribution in [1.82, 2.24) is 14.6 Å². The van der Waals surface area contributed by atoms with E-state index < -0.39 is 5.56 Å². The summed E-state index contributed by atoms with van der Waals surface area (Å²) in [5, 5.41) is 16.3. The number of carbonyl (C=O) groups is 1. The van der Waals surface area contributed by atoms with Crippen LogP contribution < -0.4 is 5.56 Å². The number of hydrogen-bond donors (Lipinski definition) is 2. The van der Waals surface area contributed by atoms with E-state index in [-0.39, 0.29) is 28.2 Å². The maximum atomic E-state index is 12.5. The topological polar surface area (TPSA) is 90.7 Å². The number of aromatic nitrogens is 2. The fourth-order valence-electron chi connectivity index (χ4n) is 3.28. The third-order valence-corrected chi connectivity index (χ3v) is 5.41. The average molecular weight is 401 g/mol. The first kappa shape index (κ1) is 20.0. The summed E-state index contributed by atoms with van der Waals surface area (Å²) >= 11 is 5.02. The van der Waals surface area contributed by atoms with E-state index >= 15 is 0 Å². The Bertz CT molecular complexity index is 1050. The number of carbonyl (C=O) groups excluding carboxylic acids is 1. The third-order valence-electron chi connectivity index (χ3n) is 5.04. The lowest BCUT2D eigenvalue weighted by molar-refractivity contribution is -0.132. The fraction of sp³-hybridized carbons (Fsp3) is 0.400. The summed E-state index contributed by atoms with van der Waals surface area (Å²) in [6, 6.07) is 7.75. The molecule has 8 heteroatoms. The van der Waals surface area contributed by atoms with Gasteiger partial charge in [0.25, 0.3) is 5.56 Å². The number of hydrazone groups is 1. The molecule has 1 unspecified atom stereocenters. The van der Waals surface area contributed by atoms with Gasteiger partial charge >= 0.3 is 0 Å². The van der Waals surface area contributed by atoms with Crippen molar-refractivity contribution in [3.63, 3.8) is 0 Å². The van der Waals surface area contributed by atoms with E-state index in [1.807, 2.05) is 24.3 Å². The second-order valence-electron chi connectivity index (χ2n) is 7.20. The molecule has 1 aliphatic rings. The van der Waals surface area contributed by atoms with Gasteiger partial charge in [-0.25, -0.2) is 5.01 Å². The molecule has 0 saturated carbocycles. The van der Waals surface area contributed by atoms with Gasteiger partial charge in [-0.15, -0.1) is 0 Å². The first-order valence-corrected chi connectivity index (χ1v) is 9.67. The Labute approximate surface area is 168 Å². The highest BCUT2D eigenvalue weighted by Crippen LogP contribution is 2.34. The molecule has 0 saturated heterocycles. The highest BCUT2D eigenvalue weighted by atomic mass is 32.1. The van der Waals surface area contributed by atoms with Crippen molar-refractivity contribution in [2.45, 2.75) is 45.6 Å². The van der Waals surface area contributed by atoms with Gasteiger partial charge in [-0.05, 0) is 29.3 Å². The summed E-state index contributed by atoms with van der Waals surface area (Å²) in [5.41, 5.74) is 2.04. The number of amides is 1. The number of nitrogens with zero attached hydrogens (tertiary/aromatic N) is 3. The van der Waals surface area contributed by atoms with Gasteiger partial charge in [0.15, 0.2) is 4.77 Å². The van der Waals surface area contributed by atoms with E-state index in [0.29, 0.717) is 24.5 Å². The molecule has 148 valence electrons. The second kappa shape index (κ2) is 7.71. The molecule has 0 spiro atoms. The standard InChI is InChI=1S/C20H24N4O3S/c1-5-16(25)24-15(13-8-6-12(7-9-13)11(2)3)10-14(22-24)17-18(26)21-20(28)23(4)19(17)27/h6-9,11,15,27H,5,10H2,1-4H3,(H,21,26,28). The summed E-state index contributed by atoms with van der Waals surface area (Å²) in [4.78, 5) is 27.5. The first-order valence-electron chi connectivity index (χ1n) is 9.26. The molecule has 2 aromatic rings. The van der Waals surface area contributed by atoms with Gasteiger partial charge in [-0.3, -0.25) is 19.1 Å². The van der Waals surface area contributed by atoms with E-state index in [2.05, 4.69) is 23.9 Å². The van der Waals surface area contributed by atoms with Crippen LogP contribution in [-0.2, 0) is 11.8 Å². The lowest BCUT2D eigenvalue weighted by atomic mass is 9.95. The lowest BCUT2D eigenvalue weighted by Gasteiger charge is -2.22. The molecular formula is C20H24N4O3S. The molecule has 1 amide bonds. The fourth-order valence-corrected chi connectivity index (χ4v) is 3.46. The molecule has 1 aromatic carbocycles. The van der Waals surface area contributed by atoms with Crippen LogP contribution in [0.4, 0.5) is 0 Å². The number of hydrogen-bond acceptors (Lipinski definition) is 5. The van der Waals surface area contributed by atoms with Crippen LogP contribution in [-0.4, -0.2) is 31.3 Å². The Balaban J connectivity index is 2.05. The molecule has 0 aliphatic carbocycles. The predicted molar refractivity (Wildman–Crippen MR) is 110 cm³/mol. The van der Waals surface area contributed by atoms with E-state index in [0.717, 1.165) is 5.56 Å². The number of aromatic hydroxyl groups is 1. The van der Waals surface area contributed by atoms with Crippen LogP contribution in [0.5, 0.6) is 5.88 Å². The summed E-state index contributed by atoms with van der Waals surface area (Å²) in [6.45, 7) is 6.01. The van der Waals surface area contributed by atoms with Gasteiger partial charge in [-0.2, -0.15) is 5.10 Å². The Morgan fingerprint density at radius 2 is 2.00 bits per heavy atom. The number of nitrogens with one attached hydrogen (secondary N) is 1. The molecule has 2 N–H and O–H groups in total. The molecule has 1 aromatic heterocycles. The van der Waals surface area contributed by atoms with Crippen molar-refractivity contribution in [2.24, 2.45) is 12.1 Å². The zero-order valence-electron chi connectivity index (χ0n) is 16.4. The normalized spacial score (nSPS) is 16.5. The van der Waals surface area contributed by atoms with Gasteiger partial charge in [0.1, 0.15) is 5.56 Å². The molecule has 0 radical (unpaired) electrons. The third kappa shape index (κ3) is 3.52. The second-order valence-corrected chi connectivity index (χ2v) is 7.58. The van der Waals surface area contributed by atoms with Crippen molar-refractivity contribution < 1.29 is 9.90 Å². The maximum Gasteiger partial charge on any atom is 0.264 e. The minimum Gasteiger partial charge on any atom is -0.494 e. The molecule has 2 heterocycles.